The van der Waals surface area contributed by atoms with Gasteiger partial charge in [0.1, 0.15) is 24.3 Å². The molecule has 2 amide bonds. The number of nitrogens with zero attached hydrogens (tertiary/aromatic N) is 10. The topological polar surface area (TPSA) is 205 Å². The number of hydrogen-bond donors (Lipinski definition) is 2. The minimum atomic E-state index is -4.03. The zero-order valence-electron chi connectivity index (χ0n) is 37.6. The van der Waals surface area contributed by atoms with Crippen molar-refractivity contribution in [2.24, 2.45) is 7.05 Å². The van der Waals surface area contributed by atoms with Crippen LogP contribution >= 0.6 is 0 Å². The molecule has 19 nitrogen and oxygen atoms in total. The maximum Gasteiger partial charge on any atom is 0.329 e. The number of imidazole rings is 1. The van der Waals surface area contributed by atoms with E-state index in [1.807, 2.05) is 52.1 Å². The highest BCUT2D eigenvalue weighted by atomic mass is 32.2. The molecule has 0 saturated carbocycles. The Morgan fingerprint density at radius 2 is 1.83 bits per heavy atom. The van der Waals surface area contributed by atoms with Crippen molar-refractivity contribution in [2.75, 3.05) is 45.2 Å². The van der Waals surface area contributed by atoms with Crippen molar-refractivity contribution in [2.45, 2.75) is 95.9 Å². The molecule has 2 fully saturated rings. The number of rotatable bonds is 16. The van der Waals surface area contributed by atoms with Gasteiger partial charge < -0.3 is 19.7 Å². The SMILES string of the molecule is CCOC(C)n1cc(-c2ncn3nc(Nc4ccc(S(=O)(=O)N(C)CCCN5CCC(c6ccc7c(c6)n(C)c(=O)n7[C@H]6CCC(=O)NC6=O)CC5)c(C)c4F)nc3c2OC(C)C)cn1. The van der Waals surface area contributed by atoms with Crippen molar-refractivity contribution in [3.05, 3.63) is 76.5 Å². The number of nitrogens with one attached hydrogen (secondary N) is 2. The Bertz CT molecular complexity index is 2930. The summed E-state index contributed by atoms with van der Waals surface area (Å²) >= 11 is 0. The molecule has 2 atom stereocenters. The van der Waals surface area contributed by atoms with E-state index in [4.69, 9.17) is 9.47 Å². The van der Waals surface area contributed by atoms with Crippen LogP contribution in [0.15, 0.2) is 58.7 Å². The number of aromatic nitrogens is 8. The molecule has 2 aliphatic rings. The van der Waals surface area contributed by atoms with Crippen molar-refractivity contribution in [1.82, 2.24) is 53.0 Å². The predicted octanol–water partition coefficient (Wildman–Crippen LogP) is 5.04. The van der Waals surface area contributed by atoms with Crippen LogP contribution < -0.4 is 21.1 Å². The molecule has 2 N–H and O–H groups in total. The Balaban J connectivity index is 0.882. The fraction of sp³-hybridized carbons (Fsp3) is 0.477. The van der Waals surface area contributed by atoms with Gasteiger partial charge in [0.2, 0.25) is 33.4 Å². The number of ether oxygens (including phenoxy) is 2. The van der Waals surface area contributed by atoms with Gasteiger partial charge in [0, 0.05) is 51.0 Å². The largest absolute Gasteiger partial charge is 0.485 e. The van der Waals surface area contributed by atoms with Gasteiger partial charge in [-0.1, -0.05) is 6.07 Å². The molecule has 4 aromatic heterocycles. The van der Waals surface area contributed by atoms with Crippen LogP contribution in [-0.4, -0.2) is 114 Å². The average molecular weight is 915 g/mol. The summed E-state index contributed by atoms with van der Waals surface area (Å²) in [6, 6.07) is 7.96. The summed E-state index contributed by atoms with van der Waals surface area (Å²) in [6.45, 7) is 12.1. The molecular weight excluding hydrogens is 860 g/mol. The molecule has 346 valence electrons. The zero-order valence-corrected chi connectivity index (χ0v) is 38.4. The number of likely N-dealkylation sites (tertiary alicyclic amines) is 1. The molecule has 0 spiro atoms. The highest BCUT2D eigenvalue weighted by Gasteiger charge is 2.32. The molecule has 2 aromatic carbocycles. The zero-order chi connectivity index (χ0) is 46.3. The maximum absolute atomic E-state index is 16.0. The number of aryl methyl sites for hydroxylation is 1. The third kappa shape index (κ3) is 9.01. The molecule has 0 radical (unpaired) electrons. The quantitative estimate of drug-likeness (QED) is 0.122. The maximum atomic E-state index is 16.0. The second-order valence-corrected chi connectivity index (χ2v) is 19.0. The smallest absolute Gasteiger partial charge is 0.329 e. The van der Waals surface area contributed by atoms with Gasteiger partial charge in [-0.25, -0.2) is 31.6 Å². The summed E-state index contributed by atoms with van der Waals surface area (Å²) in [7, 11) is -0.832. The minimum Gasteiger partial charge on any atom is -0.485 e. The number of amides is 2. The third-order valence-electron chi connectivity index (χ3n) is 12.3. The summed E-state index contributed by atoms with van der Waals surface area (Å²) in [5.74, 6) is -0.849. The summed E-state index contributed by atoms with van der Waals surface area (Å²) in [6.07, 6.45) is 7.25. The van der Waals surface area contributed by atoms with Gasteiger partial charge in [0.25, 0.3) is 0 Å². The van der Waals surface area contributed by atoms with E-state index in [1.54, 1.807) is 22.5 Å². The fourth-order valence-corrected chi connectivity index (χ4v) is 10.2. The second kappa shape index (κ2) is 18.5. The average Bonchev–Trinajstić information content (AvgIpc) is 3.99. The van der Waals surface area contributed by atoms with Crippen molar-refractivity contribution >= 4 is 50.2 Å². The number of piperidine rings is 2. The normalized spacial score (nSPS) is 17.2. The molecule has 21 heteroatoms. The van der Waals surface area contributed by atoms with E-state index in [0.29, 0.717) is 47.7 Å². The molecule has 2 saturated heterocycles. The monoisotopic (exact) mass is 914 g/mol. The Morgan fingerprint density at radius 1 is 1.06 bits per heavy atom. The van der Waals surface area contributed by atoms with Crippen molar-refractivity contribution in [1.29, 1.82) is 0 Å². The van der Waals surface area contributed by atoms with Gasteiger partial charge in [0.05, 0.1) is 33.9 Å². The number of benzene rings is 2. The lowest BCUT2D eigenvalue weighted by Crippen LogP contribution is -2.44. The number of carbonyl (C=O) groups excluding carboxylic acids is 2. The van der Waals surface area contributed by atoms with Crippen LogP contribution in [0.4, 0.5) is 16.0 Å². The van der Waals surface area contributed by atoms with E-state index in [2.05, 4.69) is 35.7 Å². The molecular formula is C44H55FN12O7S. The first kappa shape index (κ1) is 45.5. The lowest BCUT2D eigenvalue weighted by atomic mass is 9.89. The summed E-state index contributed by atoms with van der Waals surface area (Å²) < 4.78 is 62.8. The van der Waals surface area contributed by atoms with Crippen LogP contribution in [-0.2, 0) is 31.4 Å². The minimum absolute atomic E-state index is 0.00343. The molecule has 2 aliphatic heterocycles. The number of hydrogen-bond acceptors (Lipinski definition) is 13. The highest BCUT2D eigenvalue weighted by Crippen LogP contribution is 2.35. The summed E-state index contributed by atoms with van der Waals surface area (Å²) in [4.78, 5) is 49.0. The van der Waals surface area contributed by atoms with Gasteiger partial charge in [-0.05, 0) is 116 Å². The number of sulfonamides is 1. The molecule has 6 aromatic rings. The second-order valence-electron chi connectivity index (χ2n) is 17.0. The van der Waals surface area contributed by atoms with Crippen LogP contribution in [0.5, 0.6) is 5.75 Å². The first-order valence-corrected chi connectivity index (χ1v) is 23.4. The third-order valence-corrected chi connectivity index (χ3v) is 14.3. The van der Waals surface area contributed by atoms with Gasteiger partial charge in [-0.15, -0.1) is 5.10 Å². The summed E-state index contributed by atoms with van der Waals surface area (Å²) in [5, 5.41) is 14.1. The van der Waals surface area contributed by atoms with Crippen molar-refractivity contribution in [3.8, 4) is 17.0 Å². The highest BCUT2D eigenvalue weighted by molar-refractivity contribution is 7.89. The first-order valence-electron chi connectivity index (χ1n) is 21.9. The van der Waals surface area contributed by atoms with Crippen LogP contribution in [0, 0.1) is 12.7 Å². The molecule has 8 rings (SSSR count). The van der Waals surface area contributed by atoms with Crippen LogP contribution in [0.25, 0.3) is 27.9 Å². The lowest BCUT2D eigenvalue weighted by Gasteiger charge is -2.32. The van der Waals surface area contributed by atoms with E-state index in [9.17, 15) is 22.8 Å². The standard InChI is InChI=1S/C44H55FN12O7S/c1-8-63-28(5)55-24-31(23-47-55)39-40(64-26(2)3)41-50-43(51-56(41)25-46-39)48-32-11-14-36(27(4)38(32)45)65(61,62)52(6)18-9-19-54-20-16-29(17-21-54)30-10-12-33-35(22-30)53(7)44(60)57(33)34-13-15-37(58)49-42(34)59/h10-12,14,22-26,28-29,34H,8-9,13,15-21H2,1-7H3,(H,48,51)(H,49,58,59)/t28?,34-/m0/s1. The van der Waals surface area contributed by atoms with Crippen molar-refractivity contribution in [3.63, 3.8) is 0 Å². The van der Waals surface area contributed by atoms with Gasteiger partial charge >= 0.3 is 5.69 Å². The van der Waals surface area contributed by atoms with E-state index < -0.39 is 27.8 Å². The summed E-state index contributed by atoms with van der Waals surface area (Å²) in [5.41, 5.74) is 3.69. The van der Waals surface area contributed by atoms with Gasteiger partial charge in [-0.2, -0.15) is 14.6 Å². The van der Waals surface area contributed by atoms with E-state index >= 15 is 4.39 Å². The van der Waals surface area contributed by atoms with Gasteiger partial charge in [-0.3, -0.25) is 24.0 Å². The molecule has 0 aliphatic carbocycles. The van der Waals surface area contributed by atoms with E-state index in [-0.39, 0.29) is 71.3 Å². The predicted molar refractivity (Wildman–Crippen MR) is 240 cm³/mol. The van der Waals surface area contributed by atoms with Gasteiger partial charge in [0.15, 0.2) is 11.6 Å². The van der Waals surface area contributed by atoms with Crippen LogP contribution in [0.3, 0.4) is 0 Å². The number of anilines is 2. The number of halogens is 1. The number of carbonyl (C=O) groups is 2. The Hall–Kier alpha value is -6.03. The number of imide groups is 1. The van der Waals surface area contributed by atoms with Crippen molar-refractivity contribution < 1.29 is 31.9 Å². The van der Waals surface area contributed by atoms with E-state index in [0.717, 1.165) is 37.0 Å². The Labute approximate surface area is 375 Å². The van der Waals surface area contributed by atoms with E-state index in [1.165, 1.54) is 45.8 Å². The Morgan fingerprint density at radius 3 is 2.55 bits per heavy atom. The number of fused-ring (bicyclic) bond motifs is 2. The molecule has 65 heavy (non-hydrogen) atoms. The fourth-order valence-electron chi connectivity index (χ4n) is 8.74. The first-order chi connectivity index (χ1) is 31.0. The van der Waals surface area contributed by atoms with Crippen LogP contribution in [0.1, 0.15) is 89.1 Å². The Kier molecular flexibility index (Phi) is 12.9. The lowest BCUT2D eigenvalue weighted by molar-refractivity contribution is -0.135. The van der Waals surface area contributed by atoms with Crippen LogP contribution in [0.2, 0.25) is 0 Å². The molecule has 0 bridgehead atoms. The molecule has 1 unspecified atom stereocenters. The molecule has 6 heterocycles.